The highest BCUT2D eigenvalue weighted by Crippen LogP contribution is 2.37. The summed E-state index contributed by atoms with van der Waals surface area (Å²) in [4.78, 5) is 0. The van der Waals surface area contributed by atoms with E-state index in [2.05, 4.69) is 5.32 Å². The van der Waals surface area contributed by atoms with Gasteiger partial charge in [0, 0.05) is 18.7 Å². The molecule has 1 aliphatic carbocycles. The summed E-state index contributed by atoms with van der Waals surface area (Å²) in [5, 5.41) is 12.9. The second-order valence-corrected chi connectivity index (χ2v) is 5.64. The Kier molecular flexibility index (Phi) is 3.87. The monoisotopic (exact) mass is 278 g/mol. The third-order valence-corrected chi connectivity index (χ3v) is 4.11. The van der Waals surface area contributed by atoms with Crippen LogP contribution in [0, 0.1) is 5.92 Å². The fourth-order valence-electron chi connectivity index (χ4n) is 2.86. The first-order chi connectivity index (χ1) is 9.72. The maximum Gasteiger partial charge on any atom is 0.163 e. The lowest BCUT2D eigenvalue weighted by Crippen LogP contribution is -2.24. The van der Waals surface area contributed by atoms with E-state index in [4.69, 9.17) is 15.2 Å². The van der Waals surface area contributed by atoms with Gasteiger partial charge >= 0.3 is 0 Å². The van der Waals surface area contributed by atoms with E-state index in [-0.39, 0.29) is 6.10 Å². The molecule has 2 aliphatic rings. The van der Waals surface area contributed by atoms with Crippen LogP contribution in [0.25, 0.3) is 0 Å². The van der Waals surface area contributed by atoms with Crippen molar-refractivity contribution >= 4 is 11.4 Å². The lowest BCUT2D eigenvalue weighted by molar-refractivity contribution is 0.111. The summed E-state index contributed by atoms with van der Waals surface area (Å²) >= 11 is 0. The number of fused-ring (bicyclic) bond motifs is 1. The van der Waals surface area contributed by atoms with Gasteiger partial charge in [-0.25, -0.2) is 0 Å². The highest BCUT2D eigenvalue weighted by atomic mass is 16.6. The Morgan fingerprint density at radius 2 is 1.75 bits per heavy atom. The third kappa shape index (κ3) is 2.93. The number of anilines is 2. The number of nitrogens with one attached hydrogen (secondary N) is 1. The lowest BCUT2D eigenvalue weighted by Gasteiger charge is -2.26. The summed E-state index contributed by atoms with van der Waals surface area (Å²) in [7, 11) is 0. The van der Waals surface area contributed by atoms with Crippen molar-refractivity contribution < 1.29 is 14.6 Å². The van der Waals surface area contributed by atoms with Crippen LogP contribution in [-0.4, -0.2) is 31.0 Å². The van der Waals surface area contributed by atoms with Gasteiger partial charge in [0.2, 0.25) is 0 Å². The Balaban J connectivity index is 1.62. The van der Waals surface area contributed by atoms with Crippen molar-refractivity contribution in [1.29, 1.82) is 0 Å². The molecule has 3 rings (SSSR count). The van der Waals surface area contributed by atoms with E-state index in [1.165, 1.54) is 0 Å². The van der Waals surface area contributed by atoms with Crippen molar-refractivity contribution in [2.24, 2.45) is 5.92 Å². The van der Waals surface area contributed by atoms with Crippen molar-refractivity contribution in [2.75, 3.05) is 30.8 Å². The maximum atomic E-state index is 9.52. The van der Waals surface area contributed by atoms with E-state index >= 15 is 0 Å². The molecule has 0 unspecified atom stereocenters. The molecule has 110 valence electrons. The normalized spacial score (nSPS) is 25.2. The Bertz CT molecular complexity index is 470. The Morgan fingerprint density at radius 3 is 2.45 bits per heavy atom. The number of hydrogen-bond donors (Lipinski definition) is 3. The van der Waals surface area contributed by atoms with Gasteiger partial charge in [-0.3, -0.25) is 0 Å². The molecule has 0 bridgehead atoms. The van der Waals surface area contributed by atoms with Crippen LogP contribution in [-0.2, 0) is 0 Å². The summed E-state index contributed by atoms with van der Waals surface area (Å²) in [6.45, 7) is 2.04. The number of benzene rings is 1. The first-order valence-corrected chi connectivity index (χ1v) is 7.33. The van der Waals surface area contributed by atoms with Crippen molar-refractivity contribution in [1.82, 2.24) is 0 Å². The third-order valence-electron chi connectivity index (χ3n) is 4.11. The van der Waals surface area contributed by atoms with Gasteiger partial charge in [-0.05, 0) is 31.6 Å². The molecule has 1 aromatic carbocycles. The Morgan fingerprint density at radius 1 is 1.10 bits per heavy atom. The molecule has 1 heterocycles. The molecular formula is C15H22N2O3. The van der Waals surface area contributed by atoms with Gasteiger partial charge in [0.15, 0.2) is 11.5 Å². The molecule has 0 radical (unpaired) electrons. The van der Waals surface area contributed by atoms with Crippen LogP contribution in [0.1, 0.15) is 25.7 Å². The first kappa shape index (κ1) is 13.4. The zero-order valence-corrected chi connectivity index (χ0v) is 11.6. The quantitative estimate of drug-likeness (QED) is 0.737. The number of nitrogen functional groups attached to an aromatic ring is 1. The van der Waals surface area contributed by atoms with E-state index in [0.717, 1.165) is 49.4 Å². The molecule has 1 fully saturated rings. The zero-order chi connectivity index (χ0) is 13.9. The number of nitrogens with two attached hydrogens (primary N) is 1. The van der Waals surface area contributed by atoms with Crippen LogP contribution in [0.5, 0.6) is 11.5 Å². The summed E-state index contributed by atoms with van der Waals surface area (Å²) in [6, 6.07) is 3.74. The van der Waals surface area contributed by atoms with Gasteiger partial charge < -0.3 is 25.6 Å². The van der Waals surface area contributed by atoms with E-state index < -0.39 is 0 Å². The van der Waals surface area contributed by atoms with Crippen LogP contribution >= 0.6 is 0 Å². The minimum absolute atomic E-state index is 0.106. The largest absolute Gasteiger partial charge is 0.486 e. The van der Waals surface area contributed by atoms with E-state index in [9.17, 15) is 5.11 Å². The Labute approximate surface area is 119 Å². The smallest absolute Gasteiger partial charge is 0.163 e. The van der Waals surface area contributed by atoms with Crippen molar-refractivity contribution in [3.8, 4) is 11.5 Å². The fourth-order valence-corrected chi connectivity index (χ4v) is 2.86. The van der Waals surface area contributed by atoms with Crippen LogP contribution in [0.2, 0.25) is 0 Å². The predicted octanol–water partition coefficient (Wildman–Crippen LogP) is 2.00. The van der Waals surface area contributed by atoms with Gasteiger partial charge in [0.25, 0.3) is 0 Å². The van der Waals surface area contributed by atoms with Gasteiger partial charge in [-0.2, -0.15) is 0 Å². The molecule has 0 amide bonds. The number of ether oxygens (including phenoxy) is 2. The van der Waals surface area contributed by atoms with Crippen LogP contribution in [0.3, 0.4) is 0 Å². The van der Waals surface area contributed by atoms with Crippen LogP contribution < -0.4 is 20.5 Å². The minimum Gasteiger partial charge on any atom is -0.486 e. The molecule has 1 saturated carbocycles. The van der Waals surface area contributed by atoms with Crippen molar-refractivity contribution in [3.63, 3.8) is 0 Å². The molecule has 0 aromatic heterocycles. The highest BCUT2D eigenvalue weighted by molar-refractivity contribution is 5.72. The highest BCUT2D eigenvalue weighted by Gasteiger charge is 2.20. The number of aliphatic hydroxyl groups is 1. The lowest BCUT2D eigenvalue weighted by atomic mass is 9.87. The van der Waals surface area contributed by atoms with Gasteiger partial charge in [0.1, 0.15) is 13.2 Å². The standard InChI is InChI=1S/C15H22N2O3/c16-12-7-14-15(20-6-5-19-14)8-13(12)17-9-10-1-3-11(18)4-2-10/h7-8,10-11,17-18H,1-6,9,16H2. The molecule has 5 nitrogen and oxygen atoms in total. The van der Waals surface area contributed by atoms with Crippen LogP contribution in [0.15, 0.2) is 12.1 Å². The average molecular weight is 278 g/mol. The van der Waals surface area contributed by atoms with E-state index in [0.29, 0.717) is 24.8 Å². The molecule has 1 aromatic rings. The zero-order valence-electron chi connectivity index (χ0n) is 11.6. The Hall–Kier alpha value is -1.62. The fraction of sp³-hybridized carbons (Fsp3) is 0.600. The van der Waals surface area contributed by atoms with E-state index in [1.807, 2.05) is 12.1 Å². The first-order valence-electron chi connectivity index (χ1n) is 7.33. The molecule has 5 heteroatoms. The van der Waals surface area contributed by atoms with Gasteiger partial charge in [0.05, 0.1) is 17.5 Å². The predicted molar refractivity (Wildman–Crippen MR) is 78.3 cm³/mol. The van der Waals surface area contributed by atoms with Crippen LogP contribution in [0.4, 0.5) is 11.4 Å². The molecule has 4 N–H and O–H groups in total. The molecule has 0 spiro atoms. The maximum absolute atomic E-state index is 9.52. The summed E-state index contributed by atoms with van der Waals surface area (Å²) in [6.07, 6.45) is 3.84. The number of aliphatic hydroxyl groups excluding tert-OH is 1. The summed E-state index contributed by atoms with van der Waals surface area (Å²) in [5.41, 5.74) is 7.63. The van der Waals surface area contributed by atoms with Gasteiger partial charge in [-0.15, -0.1) is 0 Å². The summed E-state index contributed by atoms with van der Waals surface area (Å²) < 4.78 is 11.1. The second-order valence-electron chi connectivity index (χ2n) is 5.64. The van der Waals surface area contributed by atoms with Crippen molar-refractivity contribution in [3.05, 3.63) is 12.1 Å². The van der Waals surface area contributed by atoms with Crippen molar-refractivity contribution in [2.45, 2.75) is 31.8 Å². The minimum atomic E-state index is -0.106. The molecule has 1 aliphatic heterocycles. The topological polar surface area (TPSA) is 76.7 Å². The molecule has 0 saturated heterocycles. The number of hydrogen-bond acceptors (Lipinski definition) is 5. The number of rotatable bonds is 3. The molecule has 0 atom stereocenters. The van der Waals surface area contributed by atoms with E-state index in [1.54, 1.807) is 0 Å². The molecule has 20 heavy (non-hydrogen) atoms. The van der Waals surface area contributed by atoms with Gasteiger partial charge in [-0.1, -0.05) is 0 Å². The second kappa shape index (κ2) is 5.79. The summed E-state index contributed by atoms with van der Waals surface area (Å²) in [5.74, 6) is 2.08. The average Bonchev–Trinajstić information content (AvgIpc) is 2.47. The molecular weight excluding hydrogens is 256 g/mol. The SMILES string of the molecule is Nc1cc2c(cc1NCC1CCC(O)CC1)OCCO2.